The largest absolute Gasteiger partial charge is 0.378 e. The second-order valence-corrected chi connectivity index (χ2v) is 4.78. The van der Waals surface area contributed by atoms with Gasteiger partial charge in [-0.2, -0.15) is 5.26 Å². The van der Waals surface area contributed by atoms with Gasteiger partial charge in [0.15, 0.2) is 0 Å². The minimum absolute atomic E-state index is 0.0180. The molecule has 2 aromatic rings. The average Bonchev–Trinajstić information content (AvgIpc) is 2.39. The average molecular weight is 323 g/mol. The smallest absolute Gasteiger partial charge is 0.147 e. The van der Waals surface area contributed by atoms with Crippen molar-refractivity contribution in [1.29, 1.82) is 5.26 Å². The third kappa shape index (κ3) is 3.09. The molecule has 0 saturated carbocycles. The number of benzene rings is 2. The summed E-state index contributed by atoms with van der Waals surface area (Å²) in [6.07, 6.45) is 0. The quantitative estimate of drug-likeness (QED) is 0.918. The molecule has 0 amide bonds. The van der Waals surface area contributed by atoms with Gasteiger partial charge in [-0.1, -0.05) is 28.1 Å². The Morgan fingerprint density at radius 1 is 1.21 bits per heavy atom. The minimum atomic E-state index is -0.574. The van der Waals surface area contributed by atoms with Gasteiger partial charge in [-0.05, 0) is 24.3 Å². The molecular formula is C14H9BrF2N2. The molecule has 2 aromatic carbocycles. The lowest BCUT2D eigenvalue weighted by molar-refractivity contribution is 0.607. The van der Waals surface area contributed by atoms with Crippen molar-refractivity contribution in [2.24, 2.45) is 0 Å². The van der Waals surface area contributed by atoms with Gasteiger partial charge < -0.3 is 5.32 Å². The van der Waals surface area contributed by atoms with Crippen molar-refractivity contribution in [1.82, 2.24) is 0 Å². The van der Waals surface area contributed by atoms with Crippen LogP contribution in [0.3, 0.4) is 0 Å². The molecular weight excluding hydrogens is 314 g/mol. The van der Waals surface area contributed by atoms with E-state index in [1.807, 2.05) is 0 Å². The molecule has 0 heterocycles. The van der Waals surface area contributed by atoms with E-state index in [2.05, 4.69) is 21.2 Å². The van der Waals surface area contributed by atoms with E-state index in [4.69, 9.17) is 5.26 Å². The number of hydrogen-bond acceptors (Lipinski definition) is 2. The molecule has 2 rings (SSSR count). The van der Waals surface area contributed by atoms with Crippen LogP contribution in [0.25, 0.3) is 0 Å². The molecule has 0 aliphatic heterocycles. The topological polar surface area (TPSA) is 35.8 Å². The zero-order valence-corrected chi connectivity index (χ0v) is 11.3. The summed E-state index contributed by atoms with van der Waals surface area (Å²) in [4.78, 5) is 0. The van der Waals surface area contributed by atoms with E-state index in [0.29, 0.717) is 10.0 Å². The van der Waals surface area contributed by atoms with Crippen molar-refractivity contribution in [2.45, 2.75) is 6.54 Å². The fourth-order valence-electron chi connectivity index (χ4n) is 1.63. The van der Waals surface area contributed by atoms with E-state index in [9.17, 15) is 8.78 Å². The number of nitriles is 1. The maximum Gasteiger partial charge on any atom is 0.147 e. The second-order valence-electron chi connectivity index (χ2n) is 3.87. The Labute approximate surface area is 117 Å². The van der Waals surface area contributed by atoms with Crippen LogP contribution in [0.2, 0.25) is 0 Å². The third-order valence-electron chi connectivity index (χ3n) is 2.60. The number of halogens is 3. The lowest BCUT2D eigenvalue weighted by Crippen LogP contribution is -2.04. The number of anilines is 1. The maximum absolute atomic E-state index is 13.8. The van der Waals surface area contributed by atoms with Crippen LogP contribution in [-0.2, 0) is 6.54 Å². The molecule has 1 N–H and O–H groups in total. The third-order valence-corrected chi connectivity index (χ3v) is 3.09. The monoisotopic (exact) mass is 322 g/mol. The van der Waals surface area contributed by atoms with Crippen molar-refractivity contribution < 1.29 is 8.78 Å². The summed E-state index contributed by atoms with van der Waals surface area (Å²) in [5, 5.41) is 11.5. The Hall–Kier alpha value is -1.93. The van der Waals surface area contributed by atoms with Crippen LogP contribution in [0.1, 0.15) is 11.1 Å². The van der Waals surface area contributed by atoms with Crippen LogP contribution in [0.4, 0.5) is 14.5 Å². The molecule has 0 fully saturated rings. The van der Waals surface area contributed by atoms with Gasteiger partial charge in [0, 0.05) is 16.6 Å². The molecule has 0 bridgehead atoms. The van der Waals surface area contributed by atoms with Crippen LogP contribution < -0.4 is 5.32 Å². The molecule has 0 radical (unpaired) electrons. The van der Waals surface area contributed by atoms with Crippen LogP contribution in [0, 0.1) is 23.0 Å². The van der Waals surface area contributed by atoms with Crippen molar-refractivity contribution in [2.75, 3.05) is 5.32 Å². The zero-order chi connectivity index (χ0) is 13.8. The van der Waals surface area contributed by atoms with Crippen LogP contribution in [-0.4, -0.2) is 0 Å². The summed E-state index contributed by atoms with van der Waals surface area (Å²) in [6.45, 7) is 0.111. The predicted molar refractivity (Wildman–Crippen MR) is 72.5 cm³/mol. The first-order valence-electron chi connectivity index (χ1n) is 5.48. The van der Waals surface area contributed by atoms with Crippen molar-refractivity contribution >= 4 is 21.6 Å². The summed E-state index contributed by atoms with van der Waals surface area (Å²) in [6, 6.07) is 10.9. The molecule has 0 aliphatic carbocycles. The molecule has 19 heavy (non-hydrogen) atoms. The molecule has 0 aliphatic rings. The molecule has 0 saturated heterocycles. The van der Waals surface area contributed by atoms with E-state index in [1.165, 1.54) is 12.1 Å². The van der Waals surface area contributed by atoms with E-state index in [-0.39, 0.29) is 17.8 Å². The summed E-state index contributed by atoms with van der Waals surface area (Å²) in [5.41, 5.74) is 0.585. The summed E-state index contributed by atoms with van der Waals surface area (Å²) in [7, 11) is 0. The van der Waals surface area contributed by atoms with Gasteiger partial charge >= 0.3 is 0 Å². The van der Waals surface area contributed by atoms with E-state index >= 15 is 0 Å². The van der Waals surface area contributed by atoms with Gasteiger partial charge in [-0.25, -0.2) is 8.78 Å². The van der Waals surface area contributed by atoms with Crippen LogP contribution in [0.15, 0.2) is 40.9 Å². The zero-order valence-electron chi connectivity index (χ0n) is 9.75. The van der Waals surface area contributed by atoms with E-state index in [0.717, 1.165) is 0 Å². The Balaban J connectivity index is 2.17. The first-order chi connectivity index (χ1) is 9.11. The molecule has 0 aromatic heterocycles. The molecule has 0 atom stereocenters. The highest BCUT2D eigenvalue weighted by molar-refractivity contribution is 9.10. The van der Waals surface area contributed by atoms with Gasteiger partial charge in [-0.15, -0.1) is 0 Å². The lowest BCUT2D eigenvalue weighted by Gasteiger charge is -2.09. The normalized spacial score (nSPS) is 10.0. The highest BCUT2D eigenvalue weighted by Crippen LogP contribution is 2.21. The first-order valence-corrected chi connectivity index (χ1v) is 6.27. The molecule has 0 spiro atoms. The Morgan fingerprint density at radius 2 is 2.00 bits per heavy atom. The number of hydrogen-bond donors (Lipinski definition) is 1. The minimum Gasteiger partial charge on any atom is -0.378 e. The maximum atomic E-state index is 13.8. The Morgan fingerprint density at radius 3 is 2.68 bits per heavy atom. The van der Waals surface area contributed by atoms with Crippen molar-refractivity contribution in [3.8, 4) is 6.07 Å². The molecule has 5 heteroatoms. The van der Waals surface area contributed by atoms with Gasteiger partial charge in [0.1, 0.15) is 17.7 Å². The van der Waals surface area contributed by atoms with Gasteiger partial charge in [0.25, 0.3) is 0 Å². The number of nitrogens with zero attached hydrogens (tertiary/aromatic N) is 1. The van der Waals surface area contributed by atoms with Gasteiger partial charge in [0.2, 0.25) is 0 Å². The molecule has 96 valence electrons. The van der Waals surface area contributed by atoms with Crippen molar-refractivity contribution in [3.63, 3.8) is 0 Å². The highest BCUT2D eigenvalue weighted by Gasteiger charge is 2.08. The first kappa shape index (κ1) is 13.5. The standard InChI is InChI=1S/C14H9BrF2N2/c15-11-4-5-13(12(16)6-11)19-8-10-3-1-2-9(7-18)14(10)17/h1-6,19H,8H2. The number of nitrogens with one attached hydrogen (secondary N) is 1. The Bertz CT molecular complexity index is 650. The summed E-state index contributed by atoms with van der Waals surface area (Å²) in [5.74, 6) is -0.999. The van der Waals surface area contributed by atoms with E-state index < -0.39 is 11.6 Å². The van der Waals surface area contributed by atoms with Crippen LogP contribution >= 0.6 is 15.9 Å². The summed E-state index contributed by atoms with van der Waals surface area (Å²) >= 11 is 3.16. The SMILES string of the molecule is N#Cc1cccc(CNc2ccc(Br)cc2F)c1F. The van der Waals surface area contributed by atoms with Gasteiger partial charge in [-0.3, -0.25) is 0 Å². The van der Waals surface area contributed by atoms with Crippen LogP contribution in [0.5, 0.6) is 0 Å². The number of rotatable bonds is 3. The fourth-order valence-corrected chi connectivity index (χ4v) is 1.96. The summed E-state index contributed by atoms with van der Waals surface area (Å²) < 4.78 is 28.0. The highest BCUT2D eigenvalue weighted by atomic mass is 79.9. The molecule has 0 unspecified atom stereocenters. The fraction of sp³-hybridized carbons (Fsp3) is 0.0714. The Kier molecular flexibility index (Phi) is 4.13. The predicted octanol–water partition coefficient (Wildman–Crippen LogP) is 4.21. The molecule has 2 nitrogen and oxygen atoms in total. The van der Waals surface area contributed by atoms with E-state index in [1.54, 1.807) is 30.3 Å². The van der Waals surface area contributed by atoms with Crippen molar-refractivity contribution in [3.05, 3.63) is 63.6 Å². The lowest BCUT2D eigenvalue weighted by atomic mass is 10.1. The van der Waals surface area contributed by atoms with Gasteiger partial charge in [0.05, 0.1) is 11.3 Å². The second kappa shape index (κ2) is 5.81.